The molecule has 0 heterocycles. The molecule has 0 aliphatic heterocycles. The van der Waals surface area contributed by atoms with Crippen molar-refractivity contribution in [3.05, 3.63) is 0 Å². The lowest BCUT2D eigenvalue weighted by Gasteiger charge is -2.18. The van der Waals surface area contributed by atoms with E-state index in [9.17, 15) is 32.7 Å². The third kappa shape index (κ3) is 7.27. The molecule has 19 heavy (non-hydrogen) atoms. The van der Waals surface area contributed by atoms with Crippen LogP contribution in [0, 0.1) is 0 Å². The van der Waals surface area contributed by atoms with Gasteiger partial charge in [0.2, 0.25) is 0 Å². The van der Waals surface area contributed by atoms with Crippen LogP contribution in [0.2, 0.25) is 0 Å². The Morgan fingerprint density at radius 3 is 2.32 bits per heavy atom. The average Bonchev–Trinajstić information content (AvgIpc) is 2.26. The summed E-state index contributed by atoms with van der Waals surface area (Å²) in [6, 6.07) is -1.92. The smallest absolute Gasteiger partial charge is 0.471 e. The second-order valence-electron chi connectivity index (χ2n) is 3.62. The summed E-state index contributed by atoms with van der Waals surface area (Å²) >= 11 is 0. The number of amides is 1. The lowest BCUT2D eigenvalue weighted by atomic mass is 10.2. The number of unbranched alkanes of at least 4 members (excludes halogenated alkanes) is 1. The van der Waals surface area contributed by atoms with E-state index in [1.807, 2.05) is 0 Å². The first-order chi connectivity index (χ1) is 8.68. The van der Waals surface area contributed by atoms with E-state index >= 15 is 0 Å². The van der Waals surface area contributed by atoms with E-state index < -0.39 is 36.5 Å². The quantitative estimate of drug-likeness (QED) is 0.503. The van der Waals surface area contributed by atoms with E-state index in [0.29, 0.717) is 12.8 Å². The van der Waals surface area contributed by atoms with Gasteiger partial charge in [-0.2, -0.15) is 13.2 Å². The maximum atomic E-state index is 12.0. The standard InChI is InChI=1S/C10H14F3NO5/c1-2-3-4-19-8(17)6(5-7(15)16)14-9(18)10(11,12)13/h6H,2-5H2,1H3,(H,14,18)(H,15,16)/p-1/t6-/m0/s1. The molecule has 1 atom stereocenters. The Morgan fingerprint density at radius 1 is 1.32 bits per heavy atom. The van der Waals surface area contributed by atoms with E-state index in [4.69, 9.17) is 0 Å². The van der Waals surface area contributed by atoms with Crippen LogP contribution < -0.4 is 10.4 Å². The molecule has 0 aromatic heterocycles. The van der Waals surface area contributed by atoms with Gasteiger partial charge in [0.1, 0.15) is 6.04 Å². The zero-order valence-corrected chi connectivity index (χ0v) is 10.1. The Bertz CT molecular complexity index is 343. The average molecular weight is 284 g/mol. The number of hydrogen-bond donors (Lipinski definition) is 1. The molecule has 0 unspecified atom stereocenters. The summed E-state index contributed by atoms with van der Waals surface area (Å²) in [5.74, 6) is -5.43. The molecule has 0 aromatic rings. The monoisotopic (exact) mass is 284 g/mol. The lowest BCUT2D eigenvalue weighted by Crippen LogP contribution is -2.49. The Morgan fingerprint density at radius 2 is 1.89 bits per heavy atom. The van der Waals surface area contributed by atoms with Gasteiger partial charge in [-0.05, 0) is 6.42 Å². The molecule has 0 bridgehead atoms. The zero-order valence-electron chi connectivity index (χ0n) is 10.1. The van der Waals surface area contributed by atoms with Gasteiger partial charge in [0.25, 0.3) is 0 Å². The lowest BCUT2D eigenvalue weighted by molar-refractivity contribution is -0.306. The molecule has 1 N–H and O–H groups in total. The molecular formula is C10H13F3NO5-. The van der Waals surface area contributed by atoms with E-state index in [-0.39, 0.29) is 6.61 Å². The van der Waals surface area contributed by atoms with Gasteiger partial charge < -0.3 is 20.0 Å². The van der Waals surface area contributed by atoms with Crippen LogP contribution in [0.3, 0.4) is 0 Å². The van der Waals surface area contributed by atoms with Crippen molar-refractivity contribution < 1.29 is 37.4 Å². The summed E-state index contributed by atoms with van der Waals surface area (Å²) in [5, 5.41) is 11.6. The van der Waals surface area contributed by atoms with Crippen molar-refractivity contribution in [2.24, 2.45) is 0 Å². The van der Waals surface area contributed by atoms with Crippen LogP contribution in [-0.2, 0) is 19.1 Å². The Kier molecular flexibility index (Phi) is 6.87. The number of alkyl halides is 3. The number of hydrogen-bond acceptors (Lipinski definition) is 5. The molecule has 0 aliphatic carbocycles. The number of carboxylic acid groups (broad SMARTS) is 1. The number of aliphatic carboxylic acids is 1. The first-order valence-electron chi connectivity index (χ1n) is 5.42. The highest BCUT2D eigenvalue weighted by Crippen LogP contribution is 2.15. The van der Waals surface area contributed by atoms with Crippen LogP contribution >= 0.6 is 0 Å². The number of halogens is 3. The minimum absolute atomic E-state index is 0.0687. The minimum Gasteiger partial charge on any atom is -0.550 e. The van der Waals surface area contributed by atoms with Gasteiger partial charge in [-0.1, -0.05) is 13.3 Å². The van der Waals surface area contributed by atoms with Gasteiger partial charge in [-0.3, -0.25) is 4.79 Å². The second-order valence-corrected chi connectivity index (χ2v) is 3.62. The van der Waals surface area contributed by atoms with Crippen molar-refractivity contribution in [2.75, 3.05) is 6.61 Å². The Hall–Kier alpha value is -1.80. The Labute approximate surface area is 106 Å². The van der Waals surface area contributed by atoms with Gasteiger partial charge >= 0.3 is 18.1 Å². The van der Waals surface area contributed by atoms with Crippen LogP contribution in [0.4, 0.5) is 13.2 Å². The van der Waals surface area contributed by atoms with Crippen LogP contribution in [0.1, 0.15) is 26.2 Å². The van der Waals surface area contributed by atoms with E-state index in [2.05, 4.69) is 4.74 Å². The highest BCUT2D eigenvalue weighted by Gasteiger charge is 2.41. The summed E-state index contributed by atoms with van der Waals surface area (Å²) in [6.07, 6.45) is -5.16. The van der Waals surface area contributed by atoms with E-state index in [1.165, 1.54) is 5.32 Å². The molecule has 0 saturated carbocycles. The normalized spacial score (nSPS) is 12.6. The highest BCUT2D eigenvalue weighted by atomic mass is 19.4. The molecule has 0 saturated heterocycles. The van der Waals surface area contributed by atoms with Crippen LogP contribution in [0.25, 0.3) is 0 Å². The summed E-state index contributed by atoms with van der Waals surface area (Å²) in [4.78, 5) is 32.3. The topological polar surface area (TPSA) is 95.5 Å². The van der Waals surface area contributed by atoms with Crippen LogP contribution in [0.5, 0.6) is 0 Å². The number of rotatable bonds is 7. The van der Waals surface area contributed by atoms with Gasteiger partial charge in [-0.25, -0.2) is 4.79 Å². The molecule has 9 heteroatoms. The number of carbonyl (C=O) groups is 3. The summed E-state index contributed by atoms with van der Waals surface area (Å²) < 4.78 is 40.5. The molecule has 0 fully saturated rings. The molecule has 0 aromatic carbocycles. The summed E-state index contributed by atoms with van der Waals surface area (Å²) in [7, 11) is 0. The Balaban J connectivity index is 4.58. The molecule has 6 nitrogen and oxygen atoms in total. The number of esters is 1. The SMILES string of the molecule is CCCCOC(=O)[C@H](CC(=O)[O-])NC(=O)C(F)(F)F. The first-order valence-corrected chi connectivity index (χ1v) is 5.42. The fraction of sp³-hybridized carbons (Fsp3) is 0.700. The van der Waals surface area contributed by atoms with Crippen LogP contribution in [-0.4, -0.2) is 36.7 Å². The predicted molar refractivity (Wildman–Crippen MR) is 53.5 cm³/mol. The maximum absolute atomic E-state index is 12.0. The molecule has 0 rings (SSSR count). The second kappa shape index (κ2) is 7.59. The molecular weight excluding hydrogens is 271 g/mol. The fourth-order valence-corrected chi connectivity index (χ4v) is 1.02. The van der Waals surface area contributed by atoms with Crippen molar-refractivity contribution in [2.45, 2.75) is 38.4 Å². The number of ether oxygens (including phenoxy) is 1. The maximum Gasteiger partial charge on any atom is 0.471 e. The third-order valence-electron chi connectivity index (χ3n) is 1.96. The van der Waals surface area contributed by atoms with Gasteiger partial charge in [0.15, 0.2) is 0 Å². The first kappa shape index (κ1) is 17.2. The van der Waals surface area contributed by atoms with Gasteiger partial charge in [-0.15, -0.1) is 0 Å². The molecule has 110 valence electrons. The summed E-state index contributed by atoms with van der Waals surface area (Å²) in [6.45, 7) is 1.72. The van der Waals surface area contributed by atoms with Crippen molar-refractivity contribution in [3.63, 3.8) is 0 Å². The fourth-order valence-electron chi connectivity index (χ4n) is 1.02. The minimum atomic E-state index is -5.21. The zero-order chi connectivity index (χ0) is 15.1. The molecule has 0 spiro atoms. The predicted octanol–water partition coefficient (Wildman–Crippen LogP) is -0.483. The van der Waals surface area contributed by atoms with Crippen LogP contribution in [0.15, 0.2) is 0 Å². The van der Waals surface area contributed by atoms with Crippen molar-refractivity contribution in [3.8, 4) is 0 Å². The highest BCUT2D eigenvalue weighted by molar-refractivity contribution is 5.89. The molecule has 0 aliphatic rings. The van der Waals surface area contributed by atoms with Gasteiger partial charge in [0.05, 0.1) is 6.61 Å². The number of nitrogens with one attached hydrogen (secondary N) is 1. The van der Waals surface area contributed by atoms with Crippen molar-refractivity contribution >= 4 is 17.8 Å². The van der Waals surface area contributed by atoms with Crippen molar-refractivity contribution in [1.29, 1.82) is 0 Å². The summed E-state index contributed by atoms with van der Waals surface area (Å²) in [5.41, 5.74) is 0. The van der Waals surface area contributed by atoms with E-state index in [1.54, 1.807) is 6.92 Å². The van der Waals surface area contributed by atoms with Crippen molar-refractivity contribution in [1.82, 2.24) is 5.32 Å². The molecule has 1 amide bonds. The molecule has 0 radical (unpaired) electrons. The largest absolute Gasteiger partial charge is 0.550 e. The third-order valence-corrected chi connectivity index (χ3v) is 1.96. The van der Waals surface area contributed by atoms with E-state index in [0.717, 1.165) is 0 Å². The van der Waals surface area contributed by atoms with Gasteiger partial charge in [0, 0.05) is 12.4 Å². The number of carboxylic acids is 1. The number of carbonyl (C=O) groups excluding carboxylic acids is 3.